The molecule has 3 aliphatic rings. The maximum Gasteiger partial charge on any atom is 0.376 e. The van der Waals surface area contributed by atoms with Gasteiger partial charge in [-0.2, -0.15) is 0 Å². The summed E-state index contributed by atoms with van der Waals surface area (Å²) in [5.74, 6) is -0.679. The van der Waals surface area contributed by atoms with Gasteiger partial charge in [0, 0.05) is 78.6 Å². The smallest absolute Gasteiger partial charge is 0.376 e. The van der Waals surface area contributed by atoms with Crippen LogP contribution in [-0.2, 0) is 0 Å². The lowest BCUT2D eigenvalue weighted by atomic mass is 9.84. The standard InChI is InChI=1S/C16H22BN3O4.C8H20BN3O2.C2H6O.CH5N/c1-17(24)19-8-6-18(7-9-19)10-12(21)11-20-15(22)13-4-2-3-5-14(13)16(20)23;1-9(14)12-4-2-11(3-5-12)7-8(13)6-10;1-2-3;1-2/h2-5,12,21,24H,6-11H2,1H3;8,13-14H,2-7,10H2,1H3;3H,2H2,1H3;2H2,1H3. The molecule has 2 saturated heterocycles. The zero-order valence-corrected chi connectivity index (χ0v) is 26.3. The molecule has 3 aliphatic heterocycles. The molecule has 1 aromatic rings. The van der Waals surface area contributed by atoms with Gasteiger partial charge in [0.15, 0.2) is 0 Å². The summed E-state index contributed by atoms with van der Waals surface area (Å²) >= 11 is 0. The van der Waals surface area contributed by atoms with Gasteiger partial charge >= 0.3 is 14.1 Å². The monoisotopic (exact) mass is 609 g/mol. The fraction of sp³-hybridized carbons (Fsp3) is 0.704. The minimum atomic E-state index is -0.787. The molecule has 43 heavy (non-hydrogen) atoms. The van der Waals surface area contributed by atoms with Crippen LogP contribution >= 0.6 is 0 Å². The van der Waals surface area contributed by atoms with Crippen LogP contribution in [0.5, 0.6) is 0 Å². The Hall–Kier alpha value is -1.95. The third-order valence-electron chi connectivity index (χ3n) is 7.35. The molecule has 2 unspecified atom stereocenters. The Kier molecular flexibility index (Phi) is 19.0. The molecule has 1 aromatic carbocycles. The Morgan fingerprint density at radius 1 is 0.744 bits per heavy atom. The Morgan fingerprint density at radius 2 is 1.09 bits per heavy atom. The van der Waals surface area contributed by atoms with E-state index in [2.05, 4.69) is 15.5 Å². The first-order valence-electron chi connectivity index (χ1n) is 15.0. The Balaban J connectivity index is 0.000000414. The largest absolute Gasteiger partial charge is 0.437 e. The molecule has 0 aromatic heterocycles. The average Bonchev–Trinajstić information content (AvgIpc) is 3.24. The van der Waals surface area contributed by atoms with Crippen molar-refractivity contribution in [2.45, 2.75) is 32.8 Å². The topological polar surface area (TPSA) is 204 Å². The molecule has 16 heteroatoms. The molecule has 3 heterocycles. The van der Waals surface area contributed by atoms with Gasteiger partial charge in [-0.15, -0.1) is 0 Å². The molecule has 0 radical (unpaired) electrons. The van der Waals surface area contributed by atoms with E-state index in [0.29, 0.717) is 30.8 Å². The highest BCUT2D eigenvalue weighted by molar-refractivity contribution is 6.45. The van der Waals surface area contributed by atoms with E-state index in [1.165, 1.54) is 7.05 Å². The second-order valence-electron chi connectivity index (χ2n) is 10.6. The Labute approximate surface area is 257 Å². The van der Waals surface area contributed by atoms with E-state index in [0.717, 1.165) is 57.3 Å². The van der Waals surface area contributed by atoms with E-state index in [1.807, 2.05) is 9.62 Å². The van der Waals surface area contributed by atoms with E-state index < -0.39 is 19.3 Å². The highest BCUT2D eigenvalue weighted by atomic mass is 16.3. The third kappa shape index (κ3) is 12.9. The highest BCUT2D eigenvalue weighted by Gasteiger charge is 2.36. The average molecular weight is 609 g/mol. The van der Waals surface area contributed by atoms with Crippen LogP contribution in [0.15, 0.2) is 24.3 Å². The van der Waals surface area contributed by atoms with Crippen molar-refractivity contribution in [1.29, 1.82) is 0 Å². The normalized spacial score (nSPS) is 19.2. The van der Waals surface area contributed by atoms with Crippen molar-refractivity contribution in [2.75, 3.05) is 92.2 Å². The Bertz CT molecular complexity index is 900. The van der Waals surface area contributed by atoms with Gasteiger partial charge in [-0.05, 0) is 39.8 Å². The van der Waals surface area contributed by atoms with Crippen molar-refractivity contribution in [1.82, 2.24) is 24.3 Å². The molecule has 0 aliphatic carbocycles. The first kappa shape index (κ1) is 39.1. The molecule has 4 rings (SSSR count). The second kappa shape index (κ2) is 20.9. The van der Waals surface area contributed by atoms with Crippen LogP contribution in [0, 0.1) is 0 Å². The number of benzene rings is 1. The molecule has 2 fully saturated rings. The number of carbonyl (C=O) groups excluding carboxylic acids is 2. The van der Waals surface area contributed by atoms with Gasteiger partial charge in [-0.3, -0.25) is 24.3 Å². The van der Waals surface area contributed by atoms with E-state index in [9.17, 15) is 29.9 Å². The van der Waals surface area contributed by atoms with Gasteiger partial charge in [0.25, 0.3) is 11.8 Å². The predicted molar refractivity (Wildman–Crippen MR) is 169 cm³/mol. The van der Waals surface area contributed by atoms with Crippen LogP contribution < -0.4 is 11.5 Å². The molecular weight excluding hydrogens is 556 g/mol. The zero-order chi connectivity index (χ0) is 32.5. The van der Waals surface area contributed by atoms with Crippen LogP contribution in [0.1, 0.15) is 27.6 Å². The number of aliphatic hydroxyl groups is 3. The quantitative estimate of drug-likeness (QED) is 0.110. The van der Waals surface area contributed by atoms with E-state index >= 15 is 0 Å². The summed E-state index contributed by atoms with van der Waals surface area (Å²) in [6.07, 6.45) is -1.21. The van der Waals surface area contributed by atoms with Gasteiger partial charge in [0.05, 0.1) is 29.9 Å². The van der Waals surface area contributed by atoms with Gasteiger partial charge in [-0.1, -0.05) is 12.1 Å². The van der Waals surface area contributed by atoms with Crippen molar-refractivity contribution in [3.8, 4) is 0 Å². The molecule has 9 N–H and O–H groups in total. The van der Waals surface area contributed by atoms with Crippen molar-refractivity contribution in [3.63, 3.8) is 0 Å². The third-order valence-corrected chi connectivity index (χ3v) is 7.35. The van der Waals surface area contributed by atoms with Crippen molar-refractivity contribution in [3.05, 3.63) is 35.4 Å². The van der Waals surface area contributed by atoms with Crippen molar-refractivity contribution in [2.24, 2.45) is 11.5 Å². The summed E-state index contributed by atoms with van der Waals surface area (Å²) in [6, 6.07) is 6.73. The van der Waals surface area contributed by atoms with E-state index in [1.54, 1.807) is 44.8 Å². The number of fused-ring (bicyclic) bond motifs is 1. The summed E-state index contributed by atoms with van der Waals surface area (Å²) in [6.45, 7) is 13.3. The SMILES string of the molecule is CB(O)N1CCN(CC(O)CN)CC1.CB(O)N1CCN(CC(O)CN2C(=O)c3ccccc3C2=O)CC1.CCO.CN. The molecule has 2 amide bonds. The zero-order valence-electron chi connectivity index (χ0n) is 26.3. The van der Waals surface area contributed by atoms with Gasteiger partial charge < -0.3 is 46.5 Å². The first-order valence-corrected chi connectivity index (χ1v) is 15.0. The van der Waals surface area contributed by atoms with Gasteiger partial charge in [-0.25, -0.2) is 0 Å². The van der Waals surface area contributed by atoms with E-state index in [4.69, 9.17) is 10.8 Å². The molecule has 0 spiro atoms. The predicted octanol–water partition coefficient (Wildman–Crippen LogP) is -3.02. The summed E-state index contributed by atoms with van der Waals surface area (Å²) in [5.41, 5.74) is 10.6. The number of piperazine rings is 2. The highest BCUT2D eigenvalue weighted by Crippen LogP contribution is 2.22. The number of hydrogen-bond donors (Lipinski definition) is 7. The van der Waals surface area contributed by atoms with Crippen molar-refractivity contribution < 1.29 is 35.0 Å². The summed E-state index contributed by atoms with van der Waals surface area (Å²) in [7, 11) is 0.673. The van der Waals surface area contributed by atoms with Gasteiger partial charge in [0.1, 0.15) is 0 Å². The van der Waals surface area contributed by atoms with E-state index in [-0.39, 0.29) is 32.0 Å². The van der Waals surface area contributed by atoms with Crippen LogP contribution in [0.3, 0.4) is 0 Å². The van der Waals surface area contributed by atoms with Crippen LogP contribution in [-0.4, -0.2) is 180 Å². The fourth-order valence-corrected chi connectivity index (χ4v) is 4.98. The molecule has 2 atom stereocenters. The number of β-amino-alcohol motifs (C(OH)–C–C–N with tert-alkyl or cyclic N) is 2. The number of imide groups is 1. The number of nitrogens with zero attached hydrogens (tertiary/aromatic N) is 5. The number of carbonyl (C=O) groups is 2. The summed E-state index contributed by atoms with van der Waals surface area (Å²) in [4.78, 5) is 34.0. The van der Waals surface area contributed by atoms with Crippen LogP contribution in [0.4, 0.5) is 0 Å². The minimum Gasteiger partial charge on any atom is -0.437 e. The lowest BCUT2D eigenvalue weighted by molar-refractivity contribution is 0.0434. The lowest BCUT2D eigenvalue weighted by Gasteiger charge is -2.36. The number of aliphatic hydroxyl groups excluding tert-OH is 3. The number of nitrogens with two attached hydrogens (primary N) is 2. The van der Waals surface area contributed by atoms with Crippen LogP contribution in [0.25, 0.3) is 0 Å². The van der Waals surface area contributed by atoms with Crippen LogP contribution in [0.2, 0.25) is 13.6 Å². The molecule has 0 saturated carbocycles. The molecule has 0 bridgehead atoms. The first-order chi connectivity index (χ1) is 20.5. The second-order valence-corrected chi connectivity index (χ2v) is 10.6. The molecule has 244 valence electrons. The minimum absolute atomic E-state index is 0.00294. The molecule has 14 nitrogen and oxygen atoms in total. The summed E-state index contributed by atoms with van der Waals surface area (Å²) in [5, 5.41) is 46.1. The lowest BCUT2D eigenvalue weighted by Crippen LogP contribution is -2.53. The number of rotatable bonds is 9. The number of hydrogen-bond acceptors (Lipinski definition) is 13. The van der Waals surface area contributed by atoms with Crippen molar-refractivity contribution >= 4 is 25.9 Å². The fourth-order valence-electron chi connectivity index (χ4n) is 4.98. The Morgan fingerprint density at radius 3 is 1.42 bits per heavy atom. The maximum absolute atomic E-state index is 12.3. The van der Waals surface area contributed by atoms with Gasteiger partial charge in [0.2, 0.25) is 0 Å². The number of amides is 2. The molecular formula is C27H53B2N7O7. The maximum atomic E-state index is 12.3. The summed E-state index contributed by atoms with van der Waals surface area (Å²) < 4.78 is 0.